The van der Waals surface area contributed by atoms with Crippen LogP contribution in [0.1, 0.15) is 22.3 Å². The molecule has 1 unspecified atom stereocenters. The molecule has 7 aromatic rings. The van der Waals surface area contributed by atoms with E-state index in [1.807, 2.05) is 17.8 Å². The van der Waals surface area contributed by atoms with Gasteiger partial charge in [0.25, 0.3) is 0 Å². The summed E-state index contributed by atoms with van der Waals surface area (Å²) in [5.74, 6) is 0. The average Bonchev–Trinajstić information content (AvgIpc) is 3.32. The Labute approximate surface area is 244 Å². The van der Waals surface area contributed by atoms with Crippen molar-refractivity contribution in [2.45, 2.75) is 15.2 Å². The molecule has 0 bridgehead atoms. The van der Waals surface area contributed by atoms with Gasteiger partial charge in [-0.05, 0) is 80.9 Å². The molecule has 2 aliphatic rings. The summed E-state index contributed by atoms with van der Waals surface area (Å²) < 4.78 is 7.59. The molecule has 0 saturated carbocycles. The normalized spacial score (nSPS) is 16.6. The van der Waals surface area contributed by atoms with E-state index in [0.717, 1.165) is 26.4 Å². The lowest BCUT2D eigenvalue weighted by Gasteiger charge is -2.42. The zero-order chi connectivity index (χ0) is 26.4. The van der Waals surface area contributed by atoms with Crippen molar-refractivity contribution < 1.29 is 4.42 Å². The molecule has 1 aliphatic heterocycles. The van der Waals surface area contributed by atoms with Gasteiger partial charge in [0.05, 0.1) is 5.41 Å². The molecule has 40 heavy (non-hydrogen) atoms. The number of hydrogen-bond acceptors (Lipinski definition) is 2. The average molecular weight is 594 g/mol. The summed E-state index contributed by atoms with van der Waals surface area (Å²) in [6, 6.07) is 46.6. The fourth-order valence-corrected chi connectivity index (χ4v) is 8.62. The third-order valence-electron chi connectivity index (χ3n) is 8.62. The van der Waals surface area contributed by atoms with Crippen molar-refractivity contribution in [1.29, 1.82) is 0 Å². The van der Waals surface area contributed by atoms with E-state index >= 15 is 0 Å². The van der Waals surface area contributed by atoms with Gasteiger partial charge in [-0.25, -0.2) is 0 Å². The molecule has 2 heterocycles. The summed E-state index contributed by atoms with van der Waals surface area (Å²) in [5, 5.41) is 2.32. The summed E-state index contributed by atoms with van der Waals surface area (Å²) >= 11 is 5.73. The highest BCUT2D eigenvalue weighted by atomic mass is 79.9. The summed E-state index contributed by atoms with van der Waals surface area (Å²) in [4.78, 5) is 2.55. The monoisotopic (exact) mass is 592 g/mol. The van der Waals surface area contributed by atoms with Crippen LogP contribution >= 0.6 is 27.7 Å². The largest absolute Gasteiger partial charge is 0.456 e. The van der Waals surface area contributed by atoms with Crippen LogP contribution in [0.2, 0.25) is 0 Å². The van der Waals surface area contributed by atoms with Crippen LogP contribution < -0.4 is 0 Å². The minimum absolute atomic E-state index is 0.543. The van der Waals surface area contributed by atoms with E-state index in [0.29, 0.717) is 0 Å². The van der Waals surface area contributed by atoms with Crippen molar-refractivity contribution >= 4 is 49.6 Å². The lowest BCUT2D eigenvalue weighted by atomic mass is 9.63. The Morgan fingerprint density at radius 3 is 2.00 bits per heavy atom. The van der Waals surface area contributed by atoms with Gasteiger partial charge in [0.15, 0.2) is 0 Å². The Kier molecular flexibility index (Phi) is 4.68. The molecule has 1 nitrogen and oxygen atoms in total. The van der Waals surface area contributed by atoms with E-state index in [-0.39, 0.29) is 0 Å². The molecule has 1 spiro atoms. The van der Waals surface area contributed by atoms with Gasteiger partial charge in [0, 0.05) is 25.0 Å². The van der Waals surface area contributed by atoms with Gasteiger partial charge in [-0.15, -0.1) is 0 Å². The maximum Gasteiger partial charge on any atom is 0.135 e. The van der Waals surface area contributed by atoms with E-state index in [9.17, 15) is 0 Å². The van der Waals surface area contributed by atoms with E-state index in [4.69, 9.17) is 4.42 Å². The molecular weight excluding hydrogens is 572 g/mol. The van der Waals surface area contributed by atoms with Crippen LogP contribution in [0.4, 0.5) is 0 Å². The summed E-state index contributed by atoms with van der Waals surface area (Å²) in [5.41, 5.74) is 11.5. The zero-order valence-electron chi connectivity index (χ0n) is 21.3. The molecule has 1 aliphatic carbocycles. The van der Waals surface area contributed by atoms with Gasteiger partial charge < -0.3 is 4.42 Å². The van der Waals surface area contributed by atoms with Gasteiger partial charge in [-0.1, -0.05) is 119 Å². The first-order chi connectivity index (χ1) is 19.7. The molecule has 0 saturated heterocycles. The predicted molar refractivity (Wildman–Crippen MR) is 168 cm³/mol. The van der Waals surface area contributed by atoms with Crippen molar-refractivity contribution in [2.24, 2.45) is 0 Å². The number of hydrogen-bond donors (Lipinski definition) is 0. The second-order valence-corrected chi connectivity index (χ2v) is 12.6. The first-order valence-corrected chi connectivity index (χ1v) is 15.1. The van der Waals surface area contributed by atoms with Crippen LogP contribution in [0.15, 0.2) is 146 Å². The quantitative estimate of drug-likeness (QED) is 0.174. The Morgan fingerprint density at radius 1 is 0.475 bits per heavy atom. The van der Waals surface area contributed by atoms with Crippen LogP contribution in [0.3, 0.4) is 0 Å². The van der Waals surface area contributed by atoms with Crippen molar-refractivity contribution in [1.82, 2.24) is 0 Å². The number of benzene rings is 6. The van der Waals surface area contributed by atoms with Crippen LogP contribution in [0.5, 0.6) is 0 Å². The van der Waals surface area contributed by atoms with Crippen molar-refractivity contribution in [3.63, 3.8) is 0 Å². The number of furan rings is 1. The predicted octanol–water partition coefficient (Wildman–Crippen LogP) is 10.8. The SMILES string of the molecule is Brc1ccc2c(c1)C1(c3ccccc3Sc3cc4c(cc31)oc1ccccc14)c1ccccc1-c1ccccc1-2. The molecule has 0 N–H and O–H groups in total. The lowest BCUT2D eigenvalue weighted by Crippen LogP contribution is -2.34. The van der Waals surface area contributed by atoms with E-state index < -0.39 is 5.41 Å². The molecule has 0 radical (unpaired) electrons. The molecule has 0 fully saturated rings. The Hall–Kier alpha value is -4.05. The smallest absolute Gasteiger partial charge is 0.135 e. The first-order valence-electron chi connectivity index (χ1n) is 13.5. The van der Waals surface area contributed by atoms with Crippen molar-refractivity contribution in [2.75, 3.05) is 0 Å². The minimum Gasteiger partial charge on any atom is -0.456 e. The zero-order valence-corrected chi connectivity index (χ0v) is 23.7. The maximum absolute atomic E-state index is 6.51. The van der Waals surface area contributed by atoms with Gasteiger partial charge in [0.2, 0.25) is 0 Å². The molecule has 1 atom stereocenters. The van der Waals surface area contributed by atoms with Crippen molar-refractivity contribution in [3.05, 3.63) is 154 Å². The Balaban J connectivity index is 1.54. The van der Waals surface area contributed by atoms with Gasteiger partial charge in [-0.2, -0.15) is 0 Å². The molecule has 6 aromatic carbocycles. The van der Waals surface area contributed by atoms with Crippen LogP contribution in [0.25, 0.3) is 44.2 Å². The summed E-state index contributed by atoms with van der Waals surface area (Å²) in [6.07, 6.45) is 0. The van der Waals surface area contributed by atoms with E-state index in [2.05, 4.69) is 137 Å². The highest BCUT2D eigenvalue weighted by Crippen LogP contribution is 2.61. The Bertz CT molecular complexity index is 2170. The van der Waals surface area contributed by atoms with Gasteiger partial charge >= 0.3 is 0 Å². The number of fused-ring (bicyclic) bond motifs is 14. The third-order valence-corrected chi connectivity index (χ3v) is 10.2. The second-order valence-electron chi connectivity index (χ2n) is 10.6. The number of rotatable bonds is 0. The maximum atomic E-state index is 6.51. The van der Waals surface area contributed by atoms with E-state index in [1.54, 1.807) is 0 Å². The molecule has 188 valence electrons. The van der Waals surface area contributed by atoms with Crippen molar-refractivity contribution in [3.8, 4) is 22.3 Å². The highest BCUT2D eigenvalue weighted by Gasteiger charge is 2.48. The van der Waals surface area contributed by atoms with Gasteiger partial charge in [-0.3, -0.25) is 0 Å². The fraction of sp³-hybridized carbons (Fsp3) is 0.0270. The second kappa shape index (κ2) is 8.23. The third kappa shape index (κ3) is 2.89. The van der Waals surface area contributed by atoms with Crippen LogP contribution in [-0.4, -0.2) is 0 Å². The lowest BCUT2D eigenvalue weighted by molar-refractivity contribution is 0.660. The van der Waals surface area contributed by atoms with E-state index in [1.165, 1.54) is 54.3 Å². The molecule has 9 rings (SSSR count). The van der Waals surface area contributed by atoms with Crippen LogP contribution in [0, 0.1) is 0 Å². The van der Waals surface area contributed by atoms with Crippen LogP contribution in [-0.2, 0) is 5.41 Å². The fourth-order valence-electron chi connectivity index (χ4n) is 7.04. The molecule has 1 aromatic heterocycles. The highest BCUT2D eigenvalue weighted by molar-refractivity contribution is 9.10. The summed E-state index contributed by atoms with van der Waals surface area (Å²) in [6.45, 7) is 0. The topological polar surface area (TPSA) is 13.1 Å². The number of para-hydroxylation sites is 1. The molecular formula is C37H21BrOS. The molecule has 0 amide bonds. The standard InChI is InChI=1S/C37H21BrOS/c38-22-17-18-26-24-10-2-1-9-23(24)25-11-3-5-13-29(25)37(31(26)19-22)30-14-6-8-16-35(30)40-36-20-28-27-12-4-7-15-33(27)39-34(28)21-32(36)37/h1-21H. The van der Waals surface area contributed by atoms with Gasteiger partial charge in [0.1, 0.15) is 11.2 Å². The summed E-state index contributed by atoms with van der Waals surface area (Å²) in [7, 11) is 0. The first kappa shape index (κ1) is 22.7. The molecule has 3 heteroatoms. The number of halogens is 1. The Morgan fingerprint density at radius 2 is 1.15 bits per heavy atom. The minimum atomic E-state index is -0.543.